The molecule has 2 amide bonds. The molecule has 2 N–H and O–H groups in total. The highest BCUT2D eigenvalue weighted by molar-refractivity contribution is 14.1. The van der Waals surface area contributed by atoms with Crippen molar-refractivity contribution in [3.63, 3.8) is 0 Å². The predicted octanol–water partition coefficient (Wildman–Crippen LogP) is 3.15. The first-order valence-electron chi connectivity index (χ1n) is 6.84. The van der Waals surface area contributed by atoms with Crippen LogP contribution in [0.2, 0.25) is 0 Å². The molecule has 0 aromatic heterocycles. The van der Waals surface area contributed by atoms with E-state index < -0.39 is 12.0 Å². The van der Waals surface area contributed by atoms with E-state index >= 15 is 0 Å². The van der Waals surface area contributed by atoms with Gasteiger partial charge in [-0.05, 0) is 103 Å². The molecule has 0 radical (unpaired) electrons. The summed E-state index contributed by atoms with van der Waals surface area (Å²) in [6.07, 6.45) is 1.15. The lowest BCUT2D eigenvalue weighted by Gasteiger charge is -2.24. The van der Waals surface area contributed by atoms with Crippen LogP contribution in [0.25, 0.3) is 0 Å². The normalized spacial score (nSPS) is 17.0. The largest absolute Gasteiger partial charge is 0.480 e. The van der Waals surface area contributed by atoms with E-state index in [0.717, 1.165) is 0 Å². The number of hydrogen-bond donors (Lipinski definition) is 2. The van der Waals surface area contributed by atoms with E-state index in [1.54, 1.807) is 7.05 Å². The summed E-state index contributed by atoms with van der Waals surface area (Å²) >= 11 is 8.24. The monoisotopic (exact) mass is 780 g/mol. The van der Waals surface area contributed by atoms with Gasteiger partial charge < -0.3 is 15.3 Å². The van der Waals surface area contributed by atoms with Crippen LogP contribution in [0, 0.1) is 14.3 Å². The number of nitrogens with one attached hydrogen (secondary N) is 1. The first-order chi connectivity index (χ1) is 11.2. The van der Waals surface area contributed by atoms with Crippen LogP contribution in [0.5, 0.6) is 0 Å². The van der Waals surface area contributed by atoms with Crippen molar-refractivity contribution in [1.82, 2.24) is 10.2 Å². The maximum Gasteiger partial charge on any atom is 0.326 e. The van der Waals surface area contributed by atoms with Gasteiger partial charge in [-0.15, -0.1) is 0 Å². The summed E-state index contributed by atoms with van der Waals surface area (Å²) in [5.41, 5.74) is 1.02. The third-order valence-electron chi connectivity index (χ3n) is 3.73. The minimum absolute atomic E-state index is 0.205. The molecule has 1 unspecified atom stereocenters. The summed E-state index contributed by atoms with van der Waals surface area (Å²) in [4.78, 5) is 37.9. The van der Waals surface area contributed by atoms with Gasteiger partial charge in [-0.3, -0.25) is 9.59 Å². The van der Waals surface area contributed by atoms with Gasteiger partial charge in [0.05, 0.1) is 11.1 Å². The van der Waals surface area contributed by atoms with Crippen LogP contribution in [0.3, 0.4) is 0 Å². The lowest BCUT2D eigenvalue weighted by Crippen LogP contribution is -2.41. The van der Waals surface area contributed by atoms with Crippen molar-refractivity contribution in [2.45, 2.75) is 18.9 Å². The molecule has 6 nitrogen and oxygen atoms in total. The summed E-state index contributed by atoms with van der Waals surface area (Å²) in [7, 11) is 1.56. The standard InChI is InChI=1S/C14H12I4N2O4/c1-19-12(21)6-8(15)10(17)7(11(18)9(6)16)13(22)20-4-2-3-5(20)14(23)24/h5H,2-4H2,1H3,(H,19,21)(H,23,24). The van der Waals surface area contributed by atoms with E-state index in [0.29, 0.717) is 44.8 Å². The Balaban J connectivity index is 2.58. The second-order valence-corrected chi connectivity index (χ2v) is 9.39. The van der Waals surface area contributed by atoms with Crippen molar-refractivity contribution < 1.29 is 19.5 Å². The number of benzene rings is 1. The summed E-state index contributed by atoms with van der Waals surface area (Å²) in [5.74, 6) is -1.46. The van der Waals surface area contributed by atoms with Gasteiger partial charge in [-0.25, -0.2) is 4.79 Å². The predicted molar refractivity (Wildman–Crippen MR) is 122 cm³/mol. The van der Waals surface area contributed by atoms with Crippen LogP contribution in [-0.2, 0) is 4.79 Å². The Morgan fingerprint density at radius 2 is 1.54 bits per heavy atom. The minimum Gasteiger partial charge on any atom is -0.480 e. The van der Waals surface area contributed by atoms with Crippen molar-refractivity contribution in [2.24, 2.45) is 0 Å². The summed E-state index contributed by atoms with van der Waals surface area (Å²) < 4.78 is 2.76. The molecule has 0 saturated carbocycles. The Kier molecular flexibility index (Phi) is 7.38. The number of nitrogens with zero attached hydrogens (tertiary/aromatic N) is 1. The second-order valence-electron chi connectivity index (χ2n) is 5.08. The Hall–Kier alpha value is 0.550. The van der Waals surface area contributed by atoms with Crippen molar-refractivity contribution in [1.29, 1.82) is 0 Å². The van der Waals surface area contributed by atoms with E-state index in [-0.39, 0.29) is 11.8 Å². The molecule has 1 atom stereocenters. The molecule has 0 bridgehead atoms. The molecule has 0 aliphatic carbocycles. The highest BCUT2D eigenvalue weighted by Gasteiger charge is 2.37. The molecular formula is C14H12I4N2O4. The Bertz CT molecular complexity index is 709. The molecule has 1 aromatic carbocycles. The van der Waals surface area contributed by atoms with Gasteiger partial charge in [-0.2, -0.15) is 0 Å². The van der Waals surface area contributed by atoms with Gasteiger partial charge in [0, 0.05) is 27.9 Å². The van der Waals surface area contributed by atoms with Crippen molar-refractivity contribution in [3.05, 3.63) is 25.4 Å². The number of rotatable bonds is 3. The summed E-state index contributed by atoms with van der Waals surface area (Å²) in [6.45, 7) is 0.437. The molecule has 130 valence electrons. The molecule has 1 aliphatic rings. The van der Waals surface area contributed by atoms with Crippen molar-refractivity contribution >= 4 is 108 Å². The fourth-order valence-electron chi connectivity index (χ4n) is 2.55. The zero-order valence-electron chi connectivity index (χ0n) is 12.3. The Morgan fingerprint density at radius 1 is 1.04 bits per heavy atom. The van der Waals surface area contributed by atoms with Crippen molar-refractivity contribution in [2.75, 3.05) is 13.6 Å². The van der Waals surface area contributed by atoms with Gasteiger partial charge in [0.1, 0.15) is 6.04 Å². The van der Waals surface area contributed by atoms with Crippen LogP contribution in [0.4, 0.5) is 0 Å². The number of carboxylic acids is 1. The van der Waals surface area contributed by atoms with Gasteiger partial charge in [-0.1, -0.05) is 0 Å². The smallest absolute Gasteiger partial charge is 0.326 e. The quantitative estimate of drug-likeness (QED) is 0.365. The Morgan fingerprint density at radius 3 is 2.00 bits per heavy atom. The maximum atomic E-state index is 13.0. The minimum atomic E-state index is -0.975. The molecule has 1 aliphatic heterocycles. The summed E-state index contributed by atoms with van der Waals surface area (Å²) in [5, 5.41) is 11.9. The van der Waals surface area contributed by atoms with Crippen LogP contribution in [0.15, 0.2) is 0 Å². The molecule has 24 heavy (non-hydrogen) atoms. The lowest BCUT2D eigenvalue weighted by atomic mass is 10.1. The Labute approximate surface area is 193 Å². The number of carbonyl (C=O) groups is 3. The van der Waals surface area contributed by atoms with E-state index in [9.17, 15) is 19.5 Å². The van der Waals surface area contributed by atoms with E-state index in [1.807, 2.05) is 0 Å². The number of carboxylic acid groups (broad SMARTS) is 1. The zero-order valence-corrected chi connectivity index (χ0v) is 21.0. The highest BCUT2D eigenvalue weighted by Crippen LogP contribution is 2.34. The second kappa shape index (κ2) is 8.49. The first kappa shape index (κ1) is 20.9. The topological polar surface area (TPSA) is 86.7 Å². The van der Waals surface area contributed by atoms with Crippen LogP contribution < -0.4 is 5.32 Å². The summed E-state index contributed by atoms with van der Waals surface area (Å²) in [6, 6.07) is -0.780. The third-order valence-corrected chi connectivity index (χ3v) is 10.1. The first-order valence-corrected chi connectivity index (χ1v) is 11.2. The van der Waals surface area contributed by atoms with Crippen molar-refractivity contribution in [3.8, 4) is 0 Å². The molecule has 0 spiro atoms. The van der Waals surface area contributed by atoms with E-state index in [4.69, 9.17) is 0 Å². The molecule has 1 saturated heterocycles. The lowest BCUT2D eigenvalue weighted by molar-refractivity contribution is -0.141. The fraction of sp³-hybridized carbons (Fsp3) is 0.357. The average molecular weight is 780 g/mol. The van der Waals surface area contributed by atoms with E-state index in [2.05, 4.69) is 95.7 Å². The van der Waals surface area contributed by atoms with E-state index in [1.165, 1.54) is 4.90 Å². The van der Waals surface area contributed by atoms with Gasteiger partial charge in [0.25, 0.3) is 11.8 Å². The SMILES string of the molecule is CNC(=O)c1c(I)c(I)c(C(=O)N2CCCC2C(=O)O)c(I)c1I. The van der Waals surface area contributed by atoms with Gasteiger partial charge >= 0.3 is 5.97 Å². The molecule has 2 rings (SSSR count). The van der Waals surface area contributed by atoms with Crippen LogP contribution >= 0.6 is 90.4 Å². The maximum absolute atomic E-state index is 13.0. The third kappa shape index (κ3) is 3.79. The number of carbonyl (C=O) groups excluding carboxylic acids is 2. The molecule has 1 heterocycles. The molecular weight excluding hydrogens is 768 g/mol. The molecule has 10 heteroatoms. The average Bonchev–Trinajstić information content (AvgIpc) is 3.02. The van der Waals surface area contributed by atoms with Gasteiger partial charge in [0.2, 0.25) is 0 Å². The van der Waals surface area contributed by atoms with Gasteiger partial charge in [0.15, 0.2) is 0 Å². The number of hydrogen-bond acceptors (Lipinski definition) is 3. The number of halogens is 4. The highest BCUT2D eigenvalue weighted by atomic mass is 127. The zero-order chi connectivity index (χ0) is 18.2. The molecule has 1 fully saturated rings. The van der Waals surface area contributed by atoms with Crippen LogP contribution in [0.1, 0.15) is 33.6 Å². The number of likely N-dealkylation sites (tertiary alicyclic amines) is 1. The van der Waals surface area contributed by atoms with Crippen LogP contribution in [-0.4, -0.2) is 47.4 Å². The fourth-order valence-corrected chi connectivity index (χ4v) is 6.69. The number of aliphatic carboxylic acids is 1. The molecule has 1 aromatic rings. The number of amides is 2.